The van der Waals surface area contributed by atoms with Gasteiger partial charge < -0.3 is 10.1 Å². The number of ether oxygens (including phenoxy) is 1. The molecular weight excluding hydrogens is 333 g/mol. The number of benzene rings is 1. The van der Waals surface area contributed by atoms with Gasteiger partial charge in [-0.05, 0) is 73.6 Å². The highest BCUT2D eigenvalue weighted by Crippen LogP contribution is 2.67. The lowest BCUT2D eigenvalue weighted by atomic mass is 10.0. The van der Waals surface area contributed by atoms with Gasteiger partial charge >= 0.3 is 0 Å². The van der Waals surface area contributed by atoms with Gasteiger partial charge in [-0.25, -0.2) is 0 Å². The molecule has 1 aromatic carbocycles. The number of carbonyl (C=O) groups excluding carboxylic acids is 1. The Kier molecular flexibility index (Phi) is 3.77. The SMILES string of the molecule is COc1ccc(NC(=O)C2[C@H]3CC[C@H]4[C@@H](CC[C@@H]23)C4(Cl)Cl)cc1. The van der Waals surface area contributed by atoms with Crippen molar-refractivity contribution in [1.29, 1.82) is 0 Å². The number of amides is 1. The molecule has 0 aromatic heterocycles. The van der Waals surface area contributed by atoms with Crippen LogP contribution in [-0.4, -0.2) is 17.4 Å². The number of carbonyl (C=O) groups is 1. The monoisotopic (exact) mass is 353 g/mol. The second-order valence-corrected chi connectivity index (χ2v) is 8.56. The fourth-order valence-electron chi connectivity index (χ4n) is 4.51. The van der Waals surface area contributed by atoms with Crippen molar-refractivity contribution < 1.29 is 9.53 Å². The van der Waals surface area contributed by atoms with E-state index in [1.54, 1.807) is 7.11 Å². The van der Waals surface area contributed by atoms with Gasteiger partial charge in [0, 0.05) is 11.6 Å². The second-order valence-electron chi connectivity index (χ2n) is 7.11. The average molecular weight is 354 g/mol. The van der Waals surface area contributed by atoms with Crippen molar-refractivity contribution in [2.24, 2.45) is 29.6 Å². The Morgan fingerprint density at radius 2 is 1.65 bits per heavy atom. The van der Waals surface area contributed by atoms with E-state index < -0.39 is 4.33 Å². The summed E-state index contributed by atoms with van der Waals surface area (Å²) in [5.41, 5.74) is 0.832. The van der Waals surface area contributed by atoms with Gasteiger partial charge in [-0.2, -0.15) is 0 Å². The van der Waals surface area contributed by atoms with Gasteiger partial charge in [0.25, 0.3) is 0 Å². The smallest absolute Gasteiger partial charge is 0.228 e. The largest absolute Gasteiger partial charge is 0.497 e. The number of fused-ring (bicyclic) bond motifs is 2. The van der Waals surface area contributed by atoms with Crippen molar-refractivity contribution in [3.05, 3.63) is 24.3 Å². The molecule has 1 aromatic rings. The standard InChI is InChI=1S/C18H21Cl2NO2/c1-23-11-4-2-10(3-5-11)21-17(22)16-12-6-8-14-15(18(14,19)20)9-7-13(12)16/h2-5,12-16H,6-9H2,1H3,(H,21,22)/t12-,13+,14-,15+,16?. The lowest BCUT2D eigenvalue weighted by Crippen LogP contribution is -2.15. The predicted octanol–water partition coefficient (Wildman–Crippen LogP) is 4.49. The normalized spacial score (nSPS) is 36.7. The zero-order chi connectivity index (χ0) is 16.2. The molecule has 0 spiro atoms. The highest BCUT2D eigenvalue weighted by atomic mass is 35.5. The summed E-state index contributed by atoms with van der Waals surface area (Å²) in [5.74, 6) is 3.02. The Bertz CT molecular complexity index is 594. The molecule has 4 rings (SSSR count). The van der Waals surface area contributed by atoms with Crippen molar-refractivity contribution in [1.82, 2.24) is 0 Å². The van der Waals surface area contributed by atoms with Crippen LogP contribution < -0.4 is 10.1 Å². The van der Waals surface area contributed by atoms with Crippen LogP contribution in [0.1, 0.15) is 25.7 Å². The minimum absolute atomic E-state index is 0.156. The lowest BCUT2D eigenvalue weighted by molar-refractivity contribution is -0.117. The first kappa shape index (κ1) is 15.6. The number of anilines is 1. The fraction of sp³-hybridized carbons (Fsp3) is 0.611. The summed E-state index contributed by atoms with van der Waals surface area (Å²) in [6, 6.07) is 7.48. The molecule has 0 saturated heterocycles. The Morgan fingerprint density at radius 3 is 2.17 bits per heavy atom. The van der Waals surface area contributed by atoms with Crippen LogP contribution in [0.3, 0.4) is 0 Å². The highest BCUT2D eigenvalue weighted by Gasteiger charge is 2.65. The van der Waals surface area contributed by atoms with Crippen LogP contribution >= 0.6 is 23.2 Å². The van der Waals surface area contributed by atoms with E-state index in [4.69, 9.17) is 27.9 Å². The highest BCUT2D eigenvalue weighted by molar-refractivity contribution is 6.51. The van der Waals surface area contributed by atoms with Crippen LogP contribution in [-0.2, 0) is 4.79 Å². The van der Waals surface area contributed by atoms with E-state index in [1.807, 2.05) is 24.3 Å². The first-order valence-electron chi connectivity index (χ1n) is 8.35. The molecule has 3 aliphatic carbocycles. The van der Waals surface area contributed by atoms with E-state index in [9.17, 15) is 4.79 Å². The predicted molar refractivity (Wildman–Crippen MR) is 92.0 cm³/mol. The Balaban J connectivity index is 1.36. The first-order chi connectivity index (χ1) is 11.0. The maximum atomic E-state index is 12.5. The first-order valence-corrected chi connectivity index (χ1v) is 9.10. The third-order valence-corrected chi connectivity index (χ3v) is 7.10. The summed E-state index contributed by atoms with van der Waals surface area (Å²) in [5, 5.41) is 3.04. The van der Waals surface area contributed by atoms with E-state index in [1.165, 1.54) is 0 Å². The molecule has 0 heterocycles. The maximum Gasteiger partial charge on any atom is 0.228 e. The molecule has 0 radical (unpaired) electrons. The zero-order valence-corrected chi connectivity index (χ0v) is 14.6. The van der Waals surface area contributed by atoms with Crippen molar-refractivity contribution in [2.45, 2.75) is 30.0 Å². The summed E-state index contributed by atoms with van der Waals surface area (Å²) >= 11 is 12.7. The van der Waals surface area contributed by atoms with Gasteiger partial charge in [0.1, 0.15) is 10.1 Å². The molecule has 124 valence electrons. The summed E-state index contributed by atoms with van der Waals surface area (Å²) in [6.07, 6.45) is 4.28. The number of nitrogens with one attached hydrogen (secondary N) is 1. The van der Waals surface area contributed by atoms with Gasteiger partial charge in [-0.3, -0.25) is 4.79 Å². The van der Waals surface area contributed by atoms with Crippen LogP contribution in [0.15, 0.2) is 24.3 Å². The number of hydrogen-bond acceptors (Lipinski definition) is 2. The molecule has 5 heteroatoms. The van der Waals surface area contributed by atoms with Gasteiger partial charge in [0.15, 0.2) is 0 Å². The number of alkyl halides is 2. The Hall–Kier alpha value is -0.930. The van der Waals surface area contributed by atoms with Crippen molar-refractivity contribution in [3.8, 4) is 5.75 Å². The molecule has 3 fully saturated rings. The molecule has 1 N–H and O–H groups in total. The zero-order valence-electron chi connectivity index (χ0n) is 13.1. The van der Waals surface area contributed by atoms with Gasteiger partial charge in [-0.15, -0.1) is 23.2 Å². The molecule has 3 nitrogen and oxygen atoms in total. The molecule has 0 aliphatic heterocycles. The minimum atomic E-state index is -0.488. The second kappa shape index (κ2) is 5.56. The lowest BCUT2D eigenvalue weighted by Gasteiger charge is -2.06. The molecular formula is C18H21Cl2NO2. The molecule has 1 amide bonds. The van der Waals surface area contributed by atoms with Crippen LogP contribution in [0.2, 0.25) is 0 Å². The van der Waals surface area contributed by atoms with E-state index in [0.29, 0.717) is 23.7 Å². The summed E-state index contributed by atoms with van der Waals surface area (Å²) in [7, 11) is 1.63. The van der Waals surface area contributed by atoms with Gasteiger partial charge in [-0.1, -0.05) is 0 Å². The van der Waals surface area contributed by atoms with Crippen LogP contribution in [0.5, 0.6) is 5.75 Å². The summed E-state index contributed by atoms with van der Waals surface area (Å²) in [6.45, 7) is 0. The molecule has 23 heavy (non-hydrogen) atoms. The molecule has 1 unspecified atom stereocenters. The van der Waals surface area contributed by atoms with Crippen molar-refractivity contribution >= 4 is 34.8 Å². The number of rotatable bonds is 3. The van der Waals surface area contributed by atoms with E-state index >= 15 is 0 Å². The van der Waals surface area contributed by atoms with Crippen LogP contribution in [0.25, 0.3) is 0 Å². The number of hydrogen-bond donors (Lipinski definition) is 1. The number of halogens is 2. The van der Waals surface area contributed by atoms with Crippen molar-refractivity contribution in [2.75, 3.05) is 12.4 Å². The van der Waals surface area contributed by atoms with Crippen LogP contribution in [0.4, 0.5) is 5.69 Å². The molecule has 3 aliphatic rings. The maximum absolute atomic E-state index is 12.5. The third kappa shape index (κ3) is 2.72. The van der Waals surface area contributed by atoms with E-state index in [-0.39, 0.29) is 11.8 Å². The molecule has 5 atom stereocenters. The topological polar surface area (TPSA) is 38.3 Å². The van der Waals surface area contributed by atoms with Crippen molar-refractivity contribution in [3.63, 3.8) is 0 Å². The Labute approximate surface area is 146 Å². The third-order valence-electron chi connectivity index (χ3n) is 5.98. The van der Waals surface area contributed by atoms with E-state index in [0.717, 1.165) is 37.1 Å². The summed E-state index contributed by atoms with van der Waals surface area (Å²) < 4.78 is 4.65. The number of methoxy groups -OCH3 is 1. The van der Waals surface area contributed by atoms with Crippen LogP contribution in [0, 0.1) is 29.6 Å². The van der Waals surface area contributed by atoms with E-state index in [2.05, 4.69) is 5.32 Å². The summed E-state index contributed by atoms with van der Waals surface area (Å²) in [4.78, 5) is 12.5. The minimum Gasteiger partial charge on any atom is -0.497 e. The van der Waals surface area contributed by atoms with Gasteiger partial charge in [0.2, 0.25) is 5.91 Å². The fourth-order valence-corrected chi connectivity index (χ4v) is 5.43. The quantitative estimate of drug-likeness (QED) is 0.813. The Morgan fingerprint density at radius 1 is 1.09 bits per heavy atom. The van der Waals surface area contributed by atoms with Gasteiger partial charge in [0.05, 0.1) is 7.11 Å². The average Bonchev–Trinajstić information content (AvgIpc) is 3.33. The molecule has 3 saturated carbocycles. The molecule has 0 bridgehead atoms.